The van der Waals surface area contributed by atoms with Crippen molar-refractivity contribution in [1.82, 2.24) is 20.0 Å². The van der Waals surface area contributed by atoms with Crippen LogP contribution in [0.2, 0.25) is 0 Å². The van der Waals surface area contributed by atoms with E-state index in [1.165, 1.54) is 19.0 Å². The minimum atomic E-state index is -0.116. The number of nitrogens with zero attached hydrogens (tertiary/aromatic N) is 3. The van der Waals surface area contributed by atoms with Gasteiger partial charge in [0.25, 0.3) is 5.91 Å². The average molecular weight is 279 g/mol. The van der Waals surface area contributed by atoms with Crippen molar-refractivity contribution in [1.29, 1.82) is 0 Å². The molecule has 1 aliphatic rings. The lowest BCUT2D eigenvalue weighted by molar-refractivity contribution is 0.0939. The van der Waals surface area contributed by atoms with Gasteiger partial charge in [-0.2, -0.15) is 5.10 Å². The largest absolute Gasteiger partial charge is 0.396 e. The molecular weight excluding hydrogens is 254 g/mol. The summed E-state index contributed by atoms with van der Waals surface area (Å²) in [6.07, 6.45) is 5.03. The third kappa shape index (κ3) is 3.50. The second-order valence-corrected chi connectivity index (χ2v) is 5.56. The summed E-state index contributed by atoms with van der Waals surface area (Å²) in [6, 6.07) is 0. The van der Waals surface area contributed by atoms with Crippen LogP contribution in [0.25, 0.3) is 0 Å². The van der Waals surface area contributed by atoms with Gasteiger partial charge < -0.3 is 16.0 Å². The van der Waals surface area contributed by atoms with Crippen LogP contribution in [0.15, 0.2) is 6.20 Å². The zero-order valence-electron chi connectivity index (χ0n) is 12.4. The van der Waals surface area contributed by atoms with Crippen molar-refractivity contribution < 1.29 is 4.79 Å². The predicted octanol–water partition coefficient (Wildman–Crippen LogP) is 0.947. The number of nitrogens with two attached hydrogens (primary N) is 1. The molecule has 1 saturated heterocycles. The maximum atomic E-state index is 12.1. The molecule has 0 saturated carbocycles. The molecule has 1 aromatic rings. The van der Waals surface area contributed by atoms with Crippen LogP contribution < -0.4 is 11.1 Å². The van der Waals surface area contributed by atoms with E-state index in [1.807, 2.05) is 6.92 Å². The predicted molar refractivity (Wildman–Crippen MR) is 79.5 cm³/mol. The van der Waals surface area contributed by atoms with Crippen molar-refractivity contribution in [2.24, 2.45) is 5.92 Å². The highest BCUT2D eigenvalue weighted by molar-refractivity contribution is 5.97. The Labute approximate surface area is 120 Å². The number of aryl methyl sites for hydroxylation is 1. The highest BCUT2D eigenvalue weighted by Gasteiger charge is 2.18. The van der Waals surface area contributed by atoms with Gasteiger partial charge in [-0.25, -0.2) is 0 Å². The second kappa shape index (κ2) is 6.74. The van der Waals surface area contributed by atoms with E-state index in [-0.39, 0.29) is 5.91 Å². The quantitative estimate of drug-likeness (QED) is 0.841. The fourth-order valence-corrected chi connectivity index (χ4v) is 2.71. The molecule has 6 nitrogen and oxygen atoms in total. The molecule has 1 aliphatic heterocycles. The number of hydrogen-bond donors (Lipinski definition) is 2. The number of carbonyl (C=O) groups excluding carboxylic acids is 1. The number of piperidine rings is 1. The number of carbonyl (C=O) groups is 1. The number of nitrogen functional groups attached to an aromatic ring is 1. The number of likely N-dealkylation sites (tertiary alicyclic amines) is 1. The Kier molecular flexibility index (Phi) is 5.00. The molecule has 1 aromatic heterocycles. The van der Waals surface area contributed by atoms with Gasteiger partial charge in [-0.1, -0.05) is 0 Å². The first-order valence-electron chi connectivity index (χ1n) is 7.39. The zero-order chi connectivity index (χ0) is 14.5. The molecule has 3 N–H and O–H groups in total. The molecule has 6 heteroatoms. The third-order valence-electron chi connectivity index (χ3n) is 4.06. The van der Waals surface area contributed by atoms with E-state index in [4.69, 9.17) is 5.73 Å². The summed E-state index contributed by atoms with van der Waals surface area (Å²) in [5.74, 6) is 0.606. The molecule has 2 heterocycles. The Morgan fingerprint density at radius 1 is 1.50 bits per heavy atom. The molecule has 0 atom stereocenters. The lowest BCUT2D eigenvalue weighted by Crippen LogP contribution is -2.33. The Balaban J connectivity index is 1.79. The van der Waals surface area contributed by atoms with E-state index in [1.54, 1.807) is 4.68 Å². The standard InChI is InChI=1S/C14H25N5O/c1-3-19-13(12(15)10-17-19)14(20)16-7-4-11-5-8-18(2)9-6-11/h10-11H,3-9,15H2,1-2H3,(H,16,20). The summed E-state index contributed by atoms with van der Waals surface area (Å²) in [7, 11) is 2.16. The van der Waals surface area contributed by atoms with Crippen LogP contribution in [0.4, 0.5) is 5.69 Å². The van der Waals surface area contributed by atoms with Crippen molar-refractivity contribution in [3.05, 3.63) is 11.9 Å². The number of hydrogen-bond acceptors (Lipinski definition) is 4. The fraction of sp³-hybridized carbons (Fsp3) is 0.714. The van der Waals surface area contributed by atoms with E-state index >= 15 is 0 Å². The number of anilines is 1. The van der Waals surface area contributed by atoms with Crippen molar-refractivity contribution in [3.8, 4) is 0 Å². The maximum absolute atomic E-state index is 12.1. The maximum Gasteiger partial charge on any atom is 0.271 e. The molecule has 2 rings (SSSR count). The lowest BCUT2D eigenvalue weighted by atomic mass is 9.94. The van der Waals surface area contributed by atoms with Crippen LogP contribution in [0.3, 0.4) is 0 Å². The molecule has 1 amide bonds. The average Bonchev–Trinajstić information content (AvgIpc) is 2.82. The van der Waals surface area contributed by atoms with Crippen LogP contribution in [0, 0.1) is 5.92 Å². The van der Waals surface area contributed by atoms with Gasteiger partial charge in [-0.05, 0) is 52.2 Å². The number of aromatic nitrogens is 2. The first kappa shape index (κ1) is 14.8. The number of rotatable bonds is 5. The highest BCUT2D eigenvalue weighted by Crippen LogP contribution is 2.19. The summed E-state index contributed by atoms with van der Waals surface area (Å²) in [6.45, 7) is 5.63. The first-order chi connectivity index (χ1) is 9.61. The third-order valence-corrected chi connectivity index (χ3v) is 4.06. The Morgan fingerprint density at radius 3 is 2.85 bits per heavy atom. The Hall–Kier alpha value is -1.56. The van der Waals surface area contributed by atoms with Crippen molar-refractivity contribution in [2.75, 3.05) is 32.4 Å². The molecule has 0 spiro atoms. The van der Waals surface area contributed by atoms with E-state index in [0.717, 1.165) is 25.4 Å². The molecule has 0 radical (unpaired) electrons. The van der Waals surface area contributed by atoms with Crippen molar-refractivity contribution in [2.45, 2.75) is 32.7 Å². The van der Waals surface area contributed by atoms with E-state index in [2.05, 4.69) is 22.4 Å². The fourth-order valence-electron chi connectivity index (χ4n) is 2.71. The summed E-state index contributed by atoms with van der Waals surface area (Å²) >= 11 is 0. The molecule has 0 aromatic carbocycles. The molecule has 0 bridgehead atoms. The molecule has 20 heavy (non-hydrogen) atoms. The van der Waals surface area contributed by atoms with Crippen LogP contribution in [-0.2, 0) is 6.54 Å². The molecular formula is C14H25N5O. The summed E-state index contributed by atoms with van der Waals surface area (Å²) < 4.78 is 1.64. The molecule has 112 valence electrons. The molecule has 0 aliphatic carbocycles. The van der Waals surface area contributed by atoms with Gasteiger partial charge in [0.1, 0.15) is 5.69 Å². The zero-order valence-corrected chi connectivity index (χ0v) is 12.4. The van der Waals surface area contributed by atoms with Gasteiger partial charge in [0, 0.05) is 13.1 Å². The van der Waals surface area contributed by atoms with Gasteiger partial charge in [0.05, 0.1) is 11.9 Å². The van der Waals surface area contributed by atoms with Gasteiger partial charge >= 0.3 is 0 Å². The van der Waals surface area contributed by atoms with Crippen LogP contribution in [0.1, 0.15) is 36.7 Å². The van der Waals surface area contributed by atoms with Gasteiger partial charge in [0.2, 0.25) is 0 Å². The number of amides is 1. The van der Waals surface area contributed by atoms with Crippen LogP contribution >= 0.6 is 0 Å². The molecule has 0 unspecified atom stereocenters. The van der Waals surface area contributed by atoms with Gasteiger partial charge in [0.15, 0.2) is 0 Å². The second-order valence-electron chi connectivity index (χ2n) is 5.56. The monoisotopic (exact) mass is 279 g/mol. The minimum Gasteiger partial charge on any atom is -0.396 e. The van der Waals surface area contributed by atoms with E-state index in [9.17, 15) is 4.79 Å². The number of nitrogens with one attached hydrogen (secondary N) is 1. The van der Waals surface area contributed by atoms with Gasteiger partial charge in [-0.3, -0.25) is 9.48 Å². The summed E-state index contributed by atoms with van der Waals surface area (Å²) in [5, 5.41) is 7.05. The Morgan fingerprint density at radius 2 is 2.20 bits per heavy atom. The molecule has 1 fully saturated rings. The smallest absolute Gasteiger partial charge is 0.271 e. The highest BCUT2D eigenvalue weighted by atomic mass is 16.2. The Bertz CT molecular complexity index is 448. The van der Waals surface area contributed by atoms with Crippen molar-refractivity contribution >= 4 is 11.6 Å². The topological polar surface area (TPSA) is 76.2 Å². The van der Waals surface area contributed by atoms with E-state index in [0.29, 0.717) is 24.5 Å². The van der Waals surface area contributed by atoms with Crippen LogP contribution in [0.5, 0.6) is 0 Å². The summed E-state index contributed by atoms with van der Waals surface area (Å²) in [4.78, 5) is 14.5. The van der Waals surface area contributed by atoms with E-state index < -0.39 is 0 Å². The van der Waals surface area contributed by atoms with Crippen LogP contribution in [-0.4, -0.2) is 47.3 Å². The minimum absolute atomic E-state index is 0.116. The lowest BCUT2D eigenvalue weighted by Gasteiger charge is -2.28. The first-order valence-corrected chi connectivity index (χ1v) is 7.39. The normalized spacial score (nSPS) is 17.3. The SMILES string of the molecule is CCn1ncc(N)c1C(=O)NCCC1CCN(C)CC1. The van der Waals surface area contributed by atoms with Gasteiger partial charge in [-0.15, -0.1) is 0 Å². The summed E-state index contributed by atoms with van der Waals surface area (Å²) in [5.41, 5.74) is 6.73. The van der Waals surface area contributed by atoms with Crippen molar-refractivity contribution in [3.63, 3.8) is 0 Å².